The van der Waals surface area contributed by atoms with Crippen LogP contribution in [0.4, 0.5) is 9.18 Å². The van der Waals surface area contributed by atoms with Crippen molar-refractivity contribution >= 4 is 17.6 Å². The maximum atomic E-state index is 13.8. The third kappa shape index (κ3) is 5.06. The number of carbonyl (C=O) groups excluding carboxylic acids is 2. The number of halogens is 1. The summed E-state index contributed by atoms with van der Waals surface area (Å²) in [6.07, 6.45) is 12.9. The maximum absolute atomic E-state index is 13.8. The monoisotopic (exact) mass is 525 g/mol. The number of hydrogen-bond acceptors (Lipinski definition) is 4. The number of esters is 1. The minimum atomic E-state index is -0.514. The molecule has 1 aliphatic heterocycles. The van der Waals surface area contributed by atoms with Crippen LogP contribution in [0.2, 0.25) is 0 Å². The van der Waals surface area contributed by atoms with E-state index >= 15 is 0 Å². The summed E-state index contributed by atoms with van der Waals surface area (Å²) in [6.45, 7) is 8.48. The maximum Gasteiger partial charge on any atom is 0.407 e. The van der Waals surface area contributed by atoms with Crippen molar-refractivity contribution in [2.24, 2.45) is 35.0 Å². The van der Waals surface area contributed by atoms with Crippen molar-refractivity contribution in [3.05, 3.63) is 65.5 Å². The molecule has 1 N–H and O–H groups in total. The number of ether oxygens (including phenoxy) is 2. The number of benzene rings is 1. The summed E-state index contributed by atoms with van der Waals surface area (Å²) in [5, 5.41) is 3.04. The van der Waals surface area contributed by atoms with Gasteiger partial charge in [-0.2, -0.15) is 0 Å². The molecular formula is C32H44FNO4. The molecule has 0 spiro atoms. The van der Waals surface area contributed by atoms with Gasteiger partial charge in [-0.3, -0.25) is 4.79 Å². The molecule has 4 aliphatic rings. The molecule has 5 rings (SSSR count). The van der Waals surface area contributed by atoms with E-state index in [-0.39, 0.29) is 50.6 Å². The van der Waals surface area contributed by atoms with E-state index in [2.05, 4.69) is 43.5 Å². The highest BCUT2D eigenvalue weighted by molar-refractivity contribution is 5.79. The first-order valence-electron chi connectivity index (χ1n) is 14.2. The molecule has 1 saturated heterocycles. The average molecular weight is 526 g/mol. The Kier molecular flexibility index (Phi) is 7.52. The first kappa shape index (κ1) is 26.7. The molecule has 0 aromatic heterocycles. The lowest BCUT2D eigenvalue weighted by Gasteiger charge is -2.51. The van der Waals surface area contributed by atoms with E-state index in [1.165, 1.54) is 11.6 Å². The van der Waals surface area contributed by atoms with Crippen LogP contribution >= 0.6 is 0 Å². The lowest BCUT2D eigenvalue weighted by atomic mass is 9.51. The zero-order chi connectivity index (χ0) is 27.0. The Bertz CT molecular complexity index is 1180. The Morgan fingerprint density at radius 1 is 1.29 bits per heavy atom. The summed E-state index contributed by atoms with van der Waals surface area (Å²) in [4.78, 5) is 25.1. The fraction of sp³-hybridized carbons (Fsp3) is 0.562. The number of hydrogen-bond donors (Lipinski definition) is 1. The molecule has 3 fully saturated rings. The summed E-state index contributed by atoms with van der Waals surface area (Å²) < 4.78 is 24.7. The third-order valence-corrected chi connectivity index (χ3v) is 9.47. The topological polar surface area (TPSA) is 64.6 Å². The number of alkyl carbamates (subject to hydrolysis) is 1. The molecule has 1 aromatic rings. The quantitative estimate of drug-likeness (QED) is 0.409. The normalized spacial score (nSPS) is 36.6. The number of nitrogens with one attached hydrogen (secondary N) is 1. The second-order valence-electron chi connectivity index (χ2n) is 12.0. The molecule has 0 bridgehead atoms. The molecule has 208 valence electrons. The summed E-state index contributed by atoms with van der Waals surface area (Å²) in [5.74, 6) is 1.14. The van der Waals surface area contributed by atoms with E-state index in [1.807, 2.05) is 19.9 Å². The van der Waals surface area contributed by atoms with E-state index in [0.29, 0.717) is 18.4 Å². The summed E-state index contributed by atoms with van der Waals surface area (Å²) in [5.41, 5.74) is 2.83. The summed E-state index contributed by atoms with van der Waals surface area (Å²) in [6, 6.07) is 6.88. The van der Waals surface area contributed by atoms with Crippen molar-refractivity contribution in [2.45, 2.75) is 71.9 Å². The smallest absolute Gasteiger partial charge is 0.407 e. The van der Waals surface area contributed by atoms with Gasteiger partial charge in [0.05, 0.1) is 12.0 Å². The van der Waals surface area contributed by atoms with E-state index in [1.54, 1.807) is 12.1 Å². The largest absolute Gasteiger partial charge is 0.462 e. The number of cyclic esters (lactones) is 1. The highest BCUT2D eigenvalue weighted by Crippen LogP contribution is 2.59. The van der Waals surface area contributed by atoms with Crippen LogP contribution in [0.3, 0.4) is 0 Å². The van der Waals surface area contributed by atoms with Crippen LogP contribution in [0.5, 0.6) is 0 Å². The van der Waals surface area contributed by atoms with Gasteiger partial charge < -0.3 is 14.8 Å². The van der Waals surface area contributed by atoms with Crippen molar-refractivity contribution in [1.82, 2.24) is 5.32 Å². The van der Waals surface area contributed by atoms with Gasteiger partial charge in [0.25, 0.3) is 0 Å². The van der Waals surface area contributed by atoms with Crippen molar-refractivity contribution in [3.63, 3.8) is 0 Å². The highest BCUT2D eigenvalue weighted by atomic mass is 19.1. The molecule has 5 nitrogen and oxygen atoms in total. The van der Waals surface area contributed by atoms with Gasteiger partial charge >= 0.3 is 12.1 Å². The number of rotatable bonds is 5. The van der Waals surface area contributed by atoms with Crippen molar-refractivity contribution in [2.75, 3.05) is 6.61 Å². The molecule has 0 radical (unpaired) electrons. The number of carbonyl (C=O) groups is 2. The van der Waals surface area contributed by atoms with Crippen LogP contribution in [0.15, 0.2) is 54.1 Å². The van der Waals surface area contributed by atoms with Gasteiger partial charge in [0.1, 0.15) is 11.9 Å². The van der Waals surface area contributed by atoms with Gasteiger partial charge in [-0.1, -0.05) is 43.4 Å². The van der Waals surface area contributed by atoms with Crippen molar-refractivity contribution in [3.8, 4) is 0 Å². The van der Waals surface area contributed by atoms with Crippen LogP contribution in [0.25, 0.3) is 5.57 Å². The van der Waals surface area contributed by atoms with E-state index in [4.69, 9.17) is 9.47 Å². The molecule has 6 heteroatoms. The minimum Gasteiger partial charge on any atom is -0.462 e. The summed E-state index contributed by atoms with van der Waals surface area (Å²) in [7, 11) is 0. The number of amides is 1. The second-order valence-corrected chi connectivity index (χ2v) is 12.0. The molecule has 2 saturated carbocycles. The molecule has 38 heavy (non-hydrogen) atoms. The first-order valence-corrected chi connectivity index (χ1v) is 14.2. The summed E-state index contributed by atoms with van der Waals surface area (Å²) >= 11 is 0. The zero-order valence-electron chi connectivity index (χ0n) is 22.9. The van der Waals surface area contributed by atoms with E-state index < -0.39 is 5.41 Å². The van der Waals surface area contributed by atoms with E-state index in [9.17, 15) is 14.0 Å². The van der Waals surface area contributed by atoms with Gasteiger partial charge in [-0.05, 0) is 105 Å². The zero-order valence-corrected chi connectivity index (χ0v) is 22.9. The Morgan fingerprint density at radius 2 is 2.11 bits per heavy atom. The van der Waals surface area contributed by atoms with Crippen LogP contribution in [-0.2, 0) is 14.3 Å². The van der Waals surface area contributed by atoms with Crippen LogP contribution in [-0.4, -0.2) is 30.8 Å². The number of fused-ring (bicyclic) bond motifs is 2. The van der Waals surface area contributed by atoms with Crippen LogP contribution in [0.1, 0.15) is 68.2 Å². The predicted molar refractivity (Wildman–Crippen MR) is 150 cm³/mol. The average Bonchev–Trinajstić information content (AvgIpc) is 3.09. The molecule has 1 aromatic carbocycles. The van der Waals surface area contributed by atoms with Crippen molar-refractivity contribution in [1.29, 1.82) is 0 Å². The molecule has 1 heterocycles. The lowest BCUT2D eigenvalue weighted by Crippen LogP contribution is -2.52. The minimum absolute atomic E-state index is 0. The second kappa shape index (κ2) is 10.7. The Labute approximate surface area is 228 Å². The molecule has 1 unspecified atom stereocenters. The van der Waals surface area contributed by atoms with Gasteiger partial charge in [0.15, 0.2) is 0 Å². The lowest BCUT2D eigenvalue weighted by molar-refractivity contribution is -0.150. The van der Waals surface area contributed by atoms with Gasteiger partial charge in [0.2, 0.25) is 0 Å². The number of allylic oxidation sites excluding steroid dienone is 6. The highest BCUT2D eigenvalue weighted by Gasteiger charge is 2.61. The van der Waals surface area contributed by atoms with Gasteiger partial charge in [-0.15, -0.1) is 0 Å². The fourth-order valence-electron chi connectivity index (χ4n) is 7.86. The van der Waals surface area contributed by atoms with Crippen LogP contribution < -0.4 is 5.32 Å². The van der Waals surface area contributed by atoms with E-state index in [0.717, 1.165) is 43.2 Å². The standard InChI is InChI=1S/C32H40FNO4.2H2/c1-5-37-31(36)34-25-11-14-27-23(17-25)18-32(4)29(20(3)38-30(32)35)28(27)13-10-21-9-12-26(19(2)15-21)22-7-6-8-24(33)16-22;;/h6-10,12-13,16,19-20,23,25,27-29H,5,11,14-15,17-18H2,1-4H3,(H,34,36);2*1H/b13-10+;;/t19?,20-,23-,25+,27+,28+,29-,32+;;/m0../s1. The van der Waals surface area contributed by atoms with Crippen molar-refractivity contribution < 1.29 is 26.3 Å². The Morgan fingerprint density at radius 3 is 2.84 bits per heavy atom. The Hall–Kier alpha value is -2.89. The third-order valence-electron chi connectivity index (χ3n) is 9.47. The van der Waals surface area contributed by atoms with Gasteiger partial charge in [-0.25, -0.2) is 9.18 Å². The molecular weight excluding hydrogens is 481 g/mol. The molecule has 8 atom stereocenters. The molecule has 1 amide bonds. The molecule has 3 aliphatic carbocycles. The Balaban J connectivity index is 0.00000220. The first-order chi connectivity index (χ1) is 18.2. The predicted octanol–water partition coefficient (Wildman–Crippen LogP) is 7.34. The van der Waals surface area contributed by atoms with Crippen LogP contribution in [0, 0.1) is 40.8 Å². The van der Waals surface area contributed by atoms with Gasteiger partial charge in [0, 0.05) is 14.8 Å². The fourth-order valence-corrected chi connectivity index (χ4v) is 7.86. The SMILES string of the molecule is CCOC(=O)N[C@@H]1CC[C@@H]2[C@@H](C1)C[C@@]1(C)C(=O)O[C@@H](C)[C@H]1[C@@H]2/C=C/C1=CC=C(c2cccc(F)c2)C(C)C1.[HH].[HH].